The predicted octanol–water partition coefficient (Wildman–Crippen LogP) is 1.73. The average molecular weight is 391 g/mol. The van der Waals surface area contributed by atoms with Crippen LogP contribution < -0.4 is 20.5 Å². The highest BCUT2D eigenvalue weighted by Crippen LogP contribution is 2.25. The Hall–Kier alpha value is -2.91. The summed E-state index contributed by atoms with van der Waals surface area (Å²) in [5.74, 6) is -0.952. The molecule has 0 bridgehead atoms. The van der Waals surface area contributed by atoms with Crippen molar-refractivity contribution in [1.29, 1.82) is 0 Å². The van der Waals surface area contributed by atoms with Gasteiger partial charge >= 0.3 is 0 Å². The first-order valence-electron chi connectivity index (χ1n) is 8.05. The fourth-order valence-electron chi connectivity index (χ4n) is 2.32. The summed E-state index contributed by atoms with van der Waals surface area (Å²) in [5.41, 5.74) is 6.06. The van der Waals surface area contributed by atoms with Crippen molar-refractivity contribution in [2.75, 3.05) is 12.4 Å². The first-order chi connectivity index (χ1) is 12.6. The predicted molar refractivity (Wildman–Crippen MR) is 101 cm³/mol. The zero-order valence-corrected chi connectivity index (χ0v) is 16.0. The fraction of sp³-hybridized carbons (Fsp3) is 0.222. The Bertz CT molecular complexity index is 953. The summed E-state index contributed by atoms with van der Waals surface area (Å²) in [6.07, 6.45) is 0. The molecule has 0 saturated heterocycles. The molecule has 2 amide bonds. The van der Waals surface area contributed by atoms with Gasteiger partial charge in [-0.25, -0.2) is 13.1 Å². The fourth-order valence-corrected chi connectivity index (χ4v) is 3.77. The van der Waals surface area contributed by atoms with Gasteiger partial charge in [0.05, 0.1) is 7.11 Å². The Balaban J connectivity index is 2.31. The molecule has 144 valence electrons. The molecule has 0 aliphatic carbocycles. The number of ether oxygens (including phenoxy) is 1. The van der Waals surface area contributed by atoms with E-state index < -0.39 is 21.8 Å². The SMILES string of the molecule is COc1ccc(C(=O)Nc2ccc(C(N)=O)cc2)cc1S(=O)(=O)NC(C)C. The molecule has 0 atom stereocenters. The molecule has 0 aromatic heterocycles. The van der Waals surface area contributed by atoms with Crippen LogP contribution in [0.5, 0.6) is 5.75 Å². The van der Waals surface area contributed by atoms with Gasteiger partial charge in [-0.2, -0.15) is 0 Å². The lowest BCUT2D eigenvalue weighted by Crippen LogP contribution is -2.30. The maximum atomic E-state index is 12.5. The van der Waals surface area contributed by atoms with Gasteiger partial charge in [0.25, 0.3) is 5.91 Å². The summed E-state index contributed by atoms with van der Waals surface area (Å²) in [7, 11) is -2.50. The normalized spacial score (nSPS) is 11.3. The molecule has 0 radical (unpaired) electrons. The van der Waals surface area contributed by atoms with E-state index in [0.717, 1.165) is 0 Å². The van der Waals surface area contributed by atoms with E-state index in [1.165, 1.54) is 49.6 Å². The van der Waals surface area contributed by atoms with Crippen molar-refractivity contribution >= 4 is 27.5 Å². The van der Waals surface area contributed by atoms with E-state index in [-0.39, 0.29) is 22.3 Å². The molecule has 2 rings (SSSR count). The monoisotopic (exact) mass is 391 g/mol. The number of benzene rings is 2. The number of anilines is 1. The first kappa shape index (κ1) is 20.4. The highest BCUT2D eigenvalue weighted by Gasteiger charge is 2.22. The minimum absolute atomic E-state index is 0.129. The highest BCUT2D eigenvalue weighted by atomic mass is 32.2. The lowest BCUT2D eigenvalue weighted by molar-refractivity contribution is 0.0998. The molecule has 0 spiro atoms. The minimum Gasteiger partial charge on any atom is -0.495 e. The van der Waals surface area contributed by atoms with Crippen molar-refractivity contribution in [3.63, 3.8) is 0 Å². The van der Waals surface area contributed by atoms with E-state index in [2.05, 4.69) is 10.0 Å². The van der Waals surface area contributed by atoms with Crippen LogP contribution in [-0.4, -0.2) is 33.4 Å². The quantitative estimate of drug-likeness (QED) is 0.662. The molecule has 9 heteroatoms. The van der Waals surface area contributed by atoms with Gasteiger partial charge in [0.1, 0.15) is 10.6 Å². The second-order valence-electron chi connectivity index (χ2n) is 6.04. The van der Waals surface area contributed by atoms with Crippen molar-refractivity contribution in [3.8, 4) is 5.75 Å². The maximum absolute atomic E-state index is 12.5. The van der Waals surface area contributed by atoms with Gasteiger partial charge in [0.15, 0.2) is 0 Å². The summed E-state index contributed by atoms with van der Waals surface area (Å²) in [6, 6.07) is 9.82. The number of sulfonamides is 1. The third kappa shape index (κ3) is 5.05. The molecule has 0 aliphatic heterocycles. The van der Waals surface area contributed by atoms with Gasteiger partial charge in [-0.1, -0.05) is 0 Å². The lowest BCUT2D eigenvalue weighted by Gasteiger charge is -2.14. The molecule has 2 aromatic rings. The molecule has 0 unspecified atom stereocenters. The number of amides is 2. The van der Waals surface area contributed by atoms with Gasteiger partial charge in [-0.15, -0.1) is 0 Å². The van der Waals surface area contributed by atoms with Crippen LogP contribution in [0.25, 0.3) is 0 Å². The van der Waals surface area contributed by atoms with E-state index in [0.29, 0.717) is 11.3 Å². The zero-order chi connectivity index (χ0) is 20.2. The van der Waals surface area contributed by atoms with Crippen LogP contribution in [-0.2, 0) is 10.0 Å². The first-order valence-corrected chi connectivity index (χ1v) is 9.54. The molecule has 4 N–H and O–H groups in total. The van der Waals surface area contributed by atoms with Gasteiger partial charge in [0, 0.05) is 22.9 Å². The summed E-state index contributed by atoms with van der Waals surface area (Å²) in [4.78, 5) is 23.4. The van der Waals surface area contributed by atoms with E-state index >= 15 is 0 Å². The largest absolute Gasteiger partial charge is 0.495 e. The number of carbonyl (C=O) groups excluding carboxylic acids is 2. The third-order valence-electron chi connectivity index (χ3n) is 3.53. The van der Waals surface area contributed by atoms with Gasteiger partial charge in [0.2, 0.25) is 15.9 Å². The molecule has 0 aliphatic rings. The van der Waals surface area contributed by atoms with Crippen LogP contribution in [0.1, 0.15) is 34.6 Å². The standard InChI is InChI=1S/C18H21N3O5S/c1-11(2)21-27(24,25)16-10-13(6-9-15(16)26-3)18(23)20-14-7-4-12(5-8-14)17(19)22/h4-11,21H,1-3H3,(H2,19,22)(H,20,23). The number of hydrogen-bond donors (Lipinski definition) is 3. The summed E-state index contributed by atoms with van der Waals surface area (Å²) in [5, 5.41) is 2.63. The number of hydrogen-bond acceptors (Lipinski definition) is 5. The second kappa shape index (κ2) is 8.19. The molecule has 0 heterocycles. The smallest absolute Gasteiger partial charge is 0.255 e. The number of carbonyl (C=O) groups is 2. The van der Waals surface area contributed by atoms with Crippen LogP contribution in [0.2, 0.25) is 0 Å². The molecule has 8 nitrogen and oxygen atoms in total. The van der Waals surface area contributed by atoms with Gasteiger partial charge < -0.3 is 15.8 Å². The maximum Gasteiger partial charge on any atom is 0.255 e. The van der Waals surface area contributed by atoms with Crippen molar-refractivity contribution in [2.45, 2.75) is 24.8 Å². The van der Waals surface area contributed by atoms with Crippen LogP contribution >= 0.6 is 0 Å². The zero-order valence-electron chi connectivity index (χ0n) is 15.1. The summed E-state index contributed by atoms with van der Waals surface area (Å²) >= 11 is 0. The molecule has 2 aromatic carbocycles. The van der Waals surface area contributed by atoms with Crippen molar-refractivity contribution in [2.24, 2.45) is 5.73 Å². The third-order valence-corrected chi connectivity index (χ3v) is 5.21. The number of primary amides is 1. The minimum atomic E-state index is -3.85. The molecule has 27 heavy (non-hydrogen) atoms. The average Bonchev–Trinajstić information content (AvgIpc) is 2.60. The van der Waals surface area contributed by atoms with E-state index in [4.69, 9.17) is 10.5 Å². The summed E-state index contributed by atoms with van der Waals surface area (Å²) < 4.78 is 32.5. The highest BCUT2D eigenvalue weighted by molar-refractivity contribution is 7.89. The lowest BCUT2D eigenvalue weighted by atomic mass is 10.1. The van der Waals surface area contributed by atoms with Gasteiger partial charge in [-0.05, 0) is 56.3 Å². The van der Waals surface area contributed by atoms with Crippen molar-refractivity contribution < 1.29 is 22.7 Å². The van der Waals surface area contributed by atoms with Crippen LogP contribution in [0, 0.1) is 0 Å². The molecule has 0 saturated carbocycles. The van der Waals surface area contributed by atoms with E-state index in [9.17, 15) is 18.0 Å². The Morgan fingerprint density at radius 2 is 1.63 bits per heavy atom. The number of methoxy groups -OCH3 is 1. The van der Waals surface area contributed by atoms with Crippen LogP contribution in [0.4, 0.5) is 5.69 Å². The van der Waals surface area contributed by atoms with Crippen LogP contribution in [0.15, 0.2) is 47.4 Å². The van der Waals surface area contributed by atoms with Gasteiger partial charge in [-0.3, -0.25) is 9.59 Å². The van der Waals surface area contributed by atoms with Crippen LogP contribution in [0.3, 0.4) is 0 Å². The molecule has 0 fully saturated rings. The molecular weight excluding hydrogens is 370 g/mol. The number of nitrogens with two attached hydrogens (primary N) is 1. The topological polar surface area (TPSA) is 128 Å². The number of nitrogens with one attached hydrogen (secondary N) is 2. The van der Waals surface area contributed by atoms with Crippen molar-refractivity contribution in [3.05, 3.63) is 53.6 Å². The van der Waals surface area contributed by atoms with Crippen molar-refractivity contribution in [1.82, 2.24) is 4.72 Å². The second-order valence-corrected chi connectivity index (χ2v) is 7.72. The Kier molecular flexibility index (Phi) is 6.19. The van der Waals surface area contributed by atoms with E-state index in [1.807, 2.05) is 0 Å². The Morgan fingerprint density at radius 3 is 2.15 bits per heavy atom. The number of rotatable bonds is 7. The van der Waals surface area contributed by atoms with E-state index in [1.54, 1.807) is 13.8 Å². The molecular formula is C18H21N3O5S. The summed E-state index contributed by atoms with van der Waals surface area (Å²) in [6.45, 7) is 3.38. The Labute approximate surface area is 157 Å². The Morgan fingerprint density at radius 1 is 1.04 bits per heavy atom.